The molecule has 0 unspecified atom stereocenters. The Balaban J connectivity index is 2.05. The van der Waals surface area contributed by atoms with E-state index in [1.165, 1.54) is 30.3 Å². The van der Waals surface area contributed by atoms with Crippen LogP contribution < -0.4 is 0 Å². The van der Waals surface area contributed by atoms with Crippen LogP contribution in [0.1, 0.15) is 45.1 Å². The lowest BCUT2D eigenvalue weighted by Crippen LogP contribution is -2.28. The molecule has 4 rings (SSSR count). The van der Waals surface area contributed by atoms with Crippen molar-refractivity contribution in [3.63, 3.8) is 0 Å². The molecule has 1 fully saturated rings. The number of nitriles is 1. The molecule has 160 valence electrons. The van der Waals surface area contributed by atoms with Gasteiger partial charge in [-0.2, -0.15) is 5.26 Å². The number of carbonyl (C=O) groups excluding carboxylic acids is 1. The molecule has 3 aromatic rings. The number of nitrogens with zero attached hydrogens (tertiary/aromatic N) is 2. The van der Waals surface area contributed by atoms with E-state index in [1.807, 2.05) is 0 Å². The van der Waals surface area contributed by atoms with Crippen LogP contribution in [0.4, 0.5) is 18.0 Å². The average Bonchev–Trinajstić information content (AvgIpc) is 2.95. The summed E-state index contributed by atoms with van der Waals surface area (Å²) in [6, 6.07) is 9.58. The van der Waals surface area contributed by atoms with E-state index < -0.39 is 29.1 Å². The Morgan fingerprint density at radius 3 is 2.32 bits per heavy atom. The summed E-state index contributed by atoms with van der Waals surface area (Å²) in [5, 5.41) is 9.45. The molecule has 0 amide bonds. The minimum atomic E-state index is -0.897. The van der Waals surface area contributed by atoms with Crippen molar-refractivity contribution in [2.45, 2.75) is 45.1 Å². The quantitative estimate of drug-likeness (QED) is 0.468. The molecule has 0 N–H and O–H groups in total. The number of carbonyl (C=O) groups is 1. The number of rotatable bonds is 2. The van der Waals surface area contributed by atoms with Crippen molar-refractivity contribution in [1.82, 2.24) is 4.57 Å². The number of aromatic nitrogens is 1. The number of hydrogen-bond donors (Lipinski definition) is 0. The molecule has 1 heterocycles. The van der Waals surface area contributed by atoms with Gasteiger partial charge in [-0.15, -0.1) is 0 Å². The molecule has 0 spiro atoms. The van der Waals surface area contributed by atoms with Gasteiger partial charge in [0.25, 0.3) is 0 Å². The third kappa shape index (κ3) is 3.78. The molecule has 1 saturated carbocycles. The maximum atomic E-state index is 15.0. The van der Waals surface area contributed by atoms with Crippen molar-refractivity contribution >= 4 is 17.0 Å². The van der Waals surface area contributed by atoms with E-state index in [4.69, 9.17) is 4.74 Å². The fraction of sp³-hybridized carbons (Fsp3) is 0.333. The first-order valence-corrected chi connectivity index (χ1v) is 10.0. The zero-order valence-electron chi connectivity index (χ0n) is 17.4. The molecule has 2 aromatic carbocycles. The van der Waals surface area contributed by atoms with E-state index >= 15 is 4.39 Å². The minimum Gasteiger partial charge on any atom is -0.443 e. The van der Waals surface area contributed by atoms with Crippen molar-refractivity contribution in [3.8, 4) is 17.3 Å². The molecule has 1 aliphatic rings. The van der Waals surface area contributed by atoms with E-state index in [0.717, 1.165) is 10.6 Å². The van der Waals surface area contributed by atoms with Gasteiger partial charge in [-0.25, -0.2) is 22.5 Å². The van der Waals surface area contributed by atoms with E-state index in [2.05, 4.69) is 6.07 Å². The van der Waals surface area contributed by atoms with E-state index in [1.54, 1.807) is 20.8 Å². The van der Waals surface area contributed by atoms with Gasteiger partial charge >= 0.3 is 6.09 Å². The van der Waals surface area contributed by atoms with Gasteiger partial charge in [0.1, 0.15) is 17.2 Å². The van der Waals surface area contributed by atoms with Gasteiger partial charge in [-0.3, -0.25) is 0 Å². The number of fused-ring (bicyclic) bond motifs is 1. The van der Waals surface area contributed by atoms with Crippen molar-refractivity contribution < 1.29 is 22.7 Å². The second kappa shape index (κ2) is 7.45. The topological polar surface area (TPSA) is 55.0 Å². The molecule has 1 aromatic heterocycles. The summed E-state index contributed by atoms with van der Waals surface area (Å²) in [5.74, 6) is -2.46. The fourth-order valence-corrected chi connectivity index (χ4v) is 4.11. The Labute approximate surface area is 177 Å². The summed E-state index contributed by atoms with van der Waals surface area (Å²) >= 11 is 0. The van der Waals surface area contributed by atoms with Crippen molar-refractivity contribution in [2.75, 3.05) is 0 Å². The van der Waals surface area contributed by atoms with E-state index in [-0.39, 0.29) is 22.7 Å². The highest BCUT2D eigenvalue weighted by Gasteiger charge is 2.38. The highest BCUT2D eigenvalue weighted by Crippen LogP contribution is 2.49. The summed E-state index contributed by atoms with van der Waals surface area (Å²) in [4.78, 5) is 13.2. The normalized spacial score (nSPS) is 18.5. The van der Waals surface area contributed by atoms with Crippen LogP contribution in [-0.2, 0) is 4.74 Å². The molecule has 4 nitrogen and oxygen atoms in total. The lowest BCUT2D eigenvalue weighted by molar-refractivity contribution is 0.0546. The molecular formula is C24H21F3N2O2. The maximum absolute atomic E-state index is 15.0. The summed E-state index contributed by atoms with van der Waals surface area (Å²) in [5.41, 5.74) is 0.420. The van der Waals surface area contributed by atoms with Crippen molar-refractivity contribution in [1.29, 1.82) is 5.26 Å². The van der Waals surface area contributed by atoms with Crippen LogP contribution in [0.25, 0.3) is 22.2 Å². The summed E-state index contributed by atoms with van der Waals surface area (Å²) in [6.45, 7) is 5.07. The Kier molecular flexibility index (Phi) is 5.04. The van der Waals surface area contributed by atoms with E-state index in [0.29, 0.717) is 29.7 Å². The molecule has 0 atom stereocenters. The number of halogens is 3. The van der Waals surface area contributed by atoms with Crippen LogP contribution in [-0.4, -0.2) is 16.3 Å². The van der Waals surface area contributed by atoms with Crippen LogP contribution in [0.5, 0.6) is 0 Å². The predicted molar refractivity (Wildman–Crippen MR) is 110 cm³/mol. The monoisotopic (exact) mass is 426 g/mol. The Hall–Kier alpha value is -3.27. The third-order valence-electron chi connectivity index (χ3n) is 5.44. The van der Waals surface area contributed by atoms with Crippen LogP contribution in [0.2, 0.25) is 0 Å². The highest BCUT2D eigenvalue weighted by molar-refractivity contribution is 6.00. The van der Waals surface area contributed by atoms with Gasteiger partial charge in [0.15, 0.2) is 5.82 Å². The fourth-order valence-electron chi connectivity index (χ4n) is 4.11. The van der Waals surface area contributed by atoms with Crippen molar-refractivity contribution in [2.24, 2.45) is 5.92 Å². The molecular weight excluding hydrogens is 405 g/mol. The number of hydrogen-bond acceptors (Lipinski definition) is 3. The molecule has 0 radical (unpaired) electrons. The summed E-state index contributed by atoms with van der Waals surface area (Å²) in [7, 11) is 0. The smallest absolute Gasteiger partial charge is 0.419 e. The van der Waals surface area contributed by atoms with Crippen LogP contribution >= 0.6 is 0 Å². The molecule has 0 saturated heterocycles. The molecule has 7 heteroatoms. The zero-order chi connectivity index (χ0) is 22.5. The van der Waals surface area contributed by atoms with Gasteiger partial charge < -0.3 is 4.74 Å². The second-order valence-electron chi connectivity index (χ2n) is 8.86. The highest BCUT2D eigenvalue weighted by atomic mass is 19.1. The second-order valence-corrected chi connectivity index (χ2v) is 8.86. The average molecular weight is 426 g/mol. The van der Waals surface area contributed by atoms with Gasteiger partial charge in [-0.05, 0) is 81.0 Å². The SMILES string of the molecule is CC(C)(C)OC(=O)n1c(-c2ccc(F)cc2)c(C2CC(C#N)C2)c2cc(F)cc(F)c21. The van der Waals surface area contributed by atoms with Crippen LogP contribution in [0.15, 0.2) is 36.4 Å². The first-order chi connectivity index (χ1) is 14.6. The van der Waals surface area contributed by atoms with Gasteiger partial charge in [0.2, 0.25) is 0 Å². The first kappa shape index (κ1) is 21.0. The van der Waals surface area contributed by atoms with Crippen LogP contribution in [0, 0.1) is 34.7 Å². The Bertz CT molecular complexity index is 1210. The molecule has 0 aliphatic heterocycles. The third-order valence-corrected chi connectivity index (χ3v) is 5.44. The van der Waals surface area contributed by atoms with Gasteiger partial charge in [-0.1, -0.05) is 0 Å². The Morgan fingerprint density at radius 1 is 1.10 bits per heavy atom. The lowest BCUT2D eigenvalue weighted by Gasteiger charge is -2.31. The first-order valence-electron chi connectivity index (χ1n) is 10.0. The predicted octanol–water partition coefficient (Wildman–Crippen LogP) is 6.53. The lowest BCUT2D eigenvalue weighted by atomic mass is 9.71. The summed E-state index contributed by atoms with van der Waals surface area (Å²) in [6.07, 6.45) is 0.205. The summed E-state index contributed by atoms with van der Waals surface area (Å²) < 4.78 is 49.5. The van der Waals surface area contributed by atoms with Gasteiger partial charge in [0, 0.05) is 17.4 Å². The number of benzene rings is 2. The maximum Gasteiger partial charge on any atom is 0.419 e. The Morgan fingerprint density at radius 2 is 1.74 bits per heavy atom. The molecule has 1 aliphatic carbocycles. The molecule has 31 heavy (non-hydrogen) atoms. The largest absolute Gasteiger partial charge is 0.443 e. The van der Waals surface area contributed by atoms with Gasteiger partial charge in [0.05, 0.1) is 17.3 Å². The standard InChI is InChI=1S/C24H21F3N2O2/c1-24(2,3)31-23(30)29-21(14-4-6-16(25)7-5-14)20(15-8-13(9-15)12-28)18-10-17(26)11-19(27)22(18)29/h4-7,10-11,13,15H,8-9H2,1-3H3. The number of ether oxygens (including phenoxy) is 1. The van der Waals surface area contributed by atoms with Crippen molar-refractivity contribution in [3.05, 3.63) is 59.4 Å². The zero-order valence-corrected chi connectivity index (χ0v) is 17.4. The minimum absolute atomic E-state index is 0.0922. The molecule has 0 bridgehead atoms. The van der Waals surface area contributed by atoms with Crippen LogP contribution in [0.3, 0.4) is 0 Å². The van der Waals surface area contributed by atoms with E-state index in [9.17, 15) is 18.8 Å².